The fraction of sp³-hybridized carbons (Fsp3) is 0.357. The van der Waals surface area contributed by atoms with Gasteiger partial charge in [0.1, 0.15) is 5.84 Å². The molecule has 0 spiro atoms. The fourth-order valence-corrected chi connectivity index (χ4v) is 2.90. The highest BCUT2D eigenvalue weighted by Gasteiger charge is 2.33. The normalized spacial score (nSPS) is 27.7. The van der Waals surface area contributed by atoms with Crippen LogP contribution in [0.15, 0.2) is 35.5 Å². The maximum atomic E-state index is 5.45. The Kier molecular flexibility index (Phi) is 2.09. The van der Waals surface area contributed by atoms with Crippen LogP contribution in [0.1, 0.15) is 17.9 Å². The molecule has 0 amide bonds. The van der Waals surface area contributed by atoms with E-state index in [2.05, 4.69) is 28.5 Å². The number of hydrogen-bond acceptors (Lipinski definition) is 4. The van der Waals surface area contributed by atoms with Gasteiger partial charge in [-0.2, -0.15) is 0 Å². The Balaban J connectivity index is 1.66. The Bertz CT molecular complexity index is 551. The lowest BCUT2D eigenvalue weighted by atomic mass is 9.84. The third-order valence-electron chi connectivity index (χ3n) is 3.86. The van der Waals surface area contributed by atoms with Crippen molar-refractivity contribution in [1.29, 1.82) is 0 Å². The van der Waals surface area contributed by atoms with E-state index >= 15 is 0 Å². The number of fused-ring (bicyclic) bond motifs is 2. The fourth-order valence-electron chi connectivity index (χ4n) is 2.90. The average molecular weight is 242 g/mol. The zero-order valence-corrected chi connectivity index (χ0v) is 9.93. The predicted octanol–water partition coefficient (Wildman–Crippen LogP) is 2.03. The molecule has 3 aliphatic rings. The standard InChI is InChI=1S/C14H14N2O2/c1-2-10-11(7-16-14(10)15-5-1)9-3-4-12-13(6-9)18-8-17-12/h1,3-6,10-11H,2,7-8H2,(H,15,16). The van der Waals surface area contributed by atoms with Crippen LogP contribution in [0.5, 0.6) is 11.5 Å². The molecule has 0 aromatic heterocycles. The molecule has 1 aromatic carbocycles. The Morgan fingerprint density at radius 2 is 2.11 bits per heavy atom. The smallest absolute Gasteiger partial charge is 0.231 e. The molecule has 1 N–H and O–H groups in total. The van der Waals surface area contributed by atoms with E-state index in [0.717, 1.165) is 30.3 Å². The van der Waals surface area contributed by atoms with Crippen molar-refractivity contribution >= 4 is 5.84 Å². The van der Waals surface area contributed by atoms with Crippen LogP contribution in [0.4, 0.5) is 0 Å². The van der Waals surface area contributed by atoms with Gasteiger partial charge in [0.05, 0.1) is 0 Å². The van der Waals surface area contributed by atoms with Gasteiger partial charge in [-0.15, -0.1) is 0 Å². The van der Waals surface area contributed by atoms with Gasteiger partial charge in [-0.3, -0.25) is 4.99 Å². The zero-order valence-electron chi connectivity index (χ0n) is 9.93. The van der Waals surface area contributed by atoms with Crippen LogP contribution < -0.4 is 14.8 Å². The summed E-state index contributed by atoms with van der Waals surface area (Å²) in [6.45, 7) is 1.19. The minimum Gasteiger partial charge on any atom is -0.454 e. The number of benzene rings is 1. The van der Waals surface area contributed by atoms with E-state index in [1.54, 1.807) is 0 Å². The third kappa shape index (κ3) is 1.41. The summed E-state index contributed by atoms with van der Waals surface area (Å²) in [6.07, 6.45) is 5.22. The van der Waals surface area contributed by atoms with Crippen LogP contribution in [0.25, 0.3) is 0 Å². The molecule has 0 saturated heterocycles. The monoisotopic (exact) mass is 242 g/mol. The van der Waals surface area contributed by atoms with Crippen molar-refractivity contribution in [3.63, 3.8) is 0 Å². The second-order valence-corrected chi connectivity index (χ2v) is 4.83. The van der Waals surface area contributed by atoms with E-state index in [-0.39, 0.29) is 0 Å². The van der Waals surface area contributed by atoms with Gasteiger partial charge in [-0.05, 0) is 30.3 Å². The predicted molar refractivity (Wildman–Crippen MR) is 68.0 cm³/mol. The number of hydrogen-bond donors (Lipinski definition) is 1. The molecule has 4 heteroatoms. The van der Waals surface area contributed by atoms with E-state index in [1.807, 2.05) is 12.3 Å². The van der Waals surface area contributed by atoms with Crippen molar-refractivity contribution in [1.82, 2.24) is 5.32 Å². The van der Waals surface area contributed by atoms with Crippen LogP contribution in [0.3, 0.4) is 0 Å². The third-order valence-corrected chi connectivity index (χ3v) is 3.86. The van der Waals surface area contributed by atoms with Gasteiger partial charge in [0.25, 0.3) is 0 Å². The van der Waals surface area contributed by atoms with Crippen molar-refractivity contribution in [3.05, 3.63) is 36.0 Å². The summed E-state index contributed by atoms with van der Waals surface area (Å²) in [5.41, 5.74) is 1.29. The van der Waals surface area contributed by atoms with Crippen molar-refractivity contribution in [2.75, 3.05) is 13.3 Å². The van der Waals surface area contributed by atoms with Crippen molar-refractivity contribution in [2.45, 2.75) is 12.3 Å². The van der Waals surface area contributed by atoms with Crippen LogP contribution in [0, 0.1) is 5.92 Å². The summed E-state index contributed by atoms with van der Waals surface area (Å²) in [5, 5.41) is 3.25. The number of ether oxygens (including phenoxy) is 2. The summed E-state index contributed by atoms with van der Waals surface area (Å²) in [7, 11) is 0. The van der Waals surface area contributed by atoms with Gasteiger partial charge in [0.2, 0.25) is 6.79 Å². The highest BCUT2D eigenvalue weighted by Crippen LogP contribution is 2.39. The van der Waals surface area contributed by atoms with Gasteiger partial charge in [-0.25, -0.2) is 0 Å². The Morgan fingerprint density at radius 1 is 1.17 bits per heavy atom. The molecule has 4 nitrogen and oxygen atoms in total. The van der Waals surface area contributed by atoms with E-state index < -0.39 is 0 Å². The molecule has 0 radical (unpaired) electrons. The first-order chi connectivity index (χ1) is 8.92. The van der Waals surface area contributed by atoms with E-state index in [9.17, 15) is 0 Å². The Hall–Kier alpha value is -1.97. The molecule has 4 rings (SSSR count). The molecule has 0 fully saturated rings. The molecule has 0 saturated carbocycles. The second kappa shape index (κ2) is 3.77. The maximum Gasteiger partial charge on any atom is 0.231 e. The van der Waals surface area contributed by atoms with Gasteiger partial charge in [0, 0.05) is 18.4 Å². The first-order valence-corrected chi connectivity index (χ1v) is 6.27. The number of aliphatic imine (C=N–C) groups is 1. The van der Waals surface area contributed by atoms with Crippen LogP contribution in [-0.2, 0) is 0 Å². The van der Waals surface area contributed by atoms with Crippen molar-refractivity contribution in [3.8, 4) is 11.5 Å². The molecule has 0 aliphatic carbocycles. The first kappa shape index (κ1) is 10.00. The molecule has 3 aliphatic heterocycles. The molecular weight excluding hydrogens is 228 g/mol. The summed E-state index contributed by atoms with van der Waals surface area (Å²) in [4.78, 5) is 4.59. The van der Waals surface area contributed by atoms with E-state index in [1.165, 1.54) is 5.56 Å². The summed E-state index contributed by atoms with van der Waals surface area (Å²) < 4.78 is 10.8. The van der Waals surface area contributed by atoms with E-state index in [0.29, 0.717) is 18.6 Å². The number of rotatable bonds is 1. The number of nitrogens with one attached hydrogen (secondary N) is 1. The van der Waals surface area contributed by atoms with Gasteiger partial charge in [0.15, 0.2) is 11.5 Å². The Labute approximate surface area is 105 Å². The van der Waals surface area contributed by atoms with Gasteiger partial charge >= 0.3 is 0 Å². The Morgan fingerprint density at radius 3 is 3.11 bits per heavy atom. The van der Waals surface area contributed by atoms with Gasteiger partial charge < -0.3 is 14.8 Å². The topological polar surface area (TPSA) is 42.9 Å². The minimum atomic E-state index is 0.332. The summed E-state index contributed by atoms with van der Waals surface area (Å²) in [6, 6.07) is 6.24. The minimum absolute atomic E-state index is 0.332. The number of amidine groups is 1. The molecule has 3 heterocycles. The first-order valence-electron chi connectivity index (χ1n) is 6.27. The lowest BCUT2D eigenvalue weighted by molar-refractivity contribution is 0.174. The molecule has 92 valence electrons. The quantitative estimate of drug-likeness (QED) is 0.819. The SMILES string of the molecule is C1=CNC2=NCC(c3ccc4c(c3)OCO4)C2C1. The van der Waals surface area contributed by atoms with Crippen LogP contribution >= 0.6 is 0 Å². The molecule has 18 heavy (non-hydrogen) atoms. The highest BCUT2D eigenvalue weighted by atomic mass is 16.7. The highest BCUT2D eigenvalue weighted by molar-refractivity contribution is 5.89. The lowest BCUT2D eigenvalue weighted by Crippen LogP contribution is -2.29. The molecule has 2 atom stereocenters. The lowest BCUT2D eigenvalue weighted by Gasteiger charge is -2.22. The number of allylic oxidation sites excluding steroid dienone is 1. The molecule has 1 aromatic rings. The molecule has 2 unspecified atom stereocenters. The van der Waals surface area contributed by atoms with E-state index in [4.69, 9.17) is 9.47 Å². The van der Waals surface area contributed by atoms with Crippen LogP contribution in [-0.4, -0.2) is 19.2 Å². The molecular formula is C14H14N2O2. The van der Waals surface area contributed by atoms with Crippen LogP contribution in [0.2, 0.25) is 0 Å². The largest absolute Gasteiger partial charge is 0.454 e. The summed E-state index contributed by atoms with van der Waals surface area (Å²) in [5.74, 6) is 3.77. The maximum absolute atomic E-state index is 5.45. The number of nitrogens with zero attached hydrogens (tertiary/aromatic N) is 1. The zero-order chi connectivity index (χ0) is 11.9. The molecule has 0 bridgehead atoms. The van der Waals surface area contributed by atoms with Crippen molar-refractivity contribution in [2.24, 2.45) is 10.9 Å². The average Bonchev–Trinajstić information content (AvgIpc) is 3.04. The van der Waals surface area contributed by atoms with Crippen molar-refractivity contribution < 1.29 is 9.47 Å². The summed E-state index contributed by atoms with van der Waals surface area (Å²) >= 11 is 0. The van der Waals surface area contributed by atoms with Gasteiger partial charge in [-0.1, -0.05) is 12.1 Å². The second-order valence-electron chi connectivity index (χ2n) is 4.83.